The lowest BCUT2D eigenvalue weighted by Crippen LogP contribution is -1.84. The molecule has 0 unspecified atom stereocenters. The van der Waals surface area contributed by atoms with Gasteiger partial charge in [-0.2, -0.15) is 5.26 Å². The molecule has 17 heavy (non-hydrogen) atoms. The molecule has 86 valence electrons. The molecular formula is C14H13NOS. The van der Waals surface area contributed by atoms with Crippen molar-refractivity contribution in [2.45, 2.75) is 20.8 Å². The molecule has 2 rings (SSSR count). The Morgan fingerprint density at radius 1 is 1.06 bits per heavy atom. The van der Waals surface area contributed by atoms with E-state index in [-0.39, 0.29) is 0 Å². The topological polar surface area (TPSA) is 33.0 Å². The highest BCUT2D eigenvalue weighted by atomic mass is 32.1. The third-order valence-corrected chi connectivity index (χ3v) is 4.02. The molecule has 0 saturated heterocycles. The van der Waals surface area contributed by atoms with Gasteiger partial charge in [-0.15, -0.1) is 11.3 Å². The first-order chi connectivity index (χ1) is 8.11. The van der Waals surface area contributed by atoms with E-state index in [0.29, 0.717) is 5.56 Å². The highest BCUT2D eigenvalue weighted by Crippen LogP contribution is 2.36. The SMILES string of the molecule is Cc1sc(Oc2ccc(C#N)cc2)c(C)c1C. The minimum Gasteiger partial charge on any atom is -0.446 e. The summed E-state index contributed by atoms with van der Waals surface area (Å²) in [6.45, 7) is 6.27. The second kappa shape index (κ2) is 4.60. The molecule has 0 spiro atoms. The van der Waals surface area contributed by atoms with Gasteiger partial charge in [-0.05, 0) is 50.6 Å². The maximum Gasteiger partial charge on any atom is 0.184 e. The third kappa shape index (κ3) is 2.32. The van der Waals surface area contributed by atoms with Crippen LogP contribution in [-0.4, -0.2) is 0 Å². The molecule has 0 bridgehead atoms. The smallest absolute Gasteiger partial charge is 0.184 e. The van der Waals surface area contributed by atoms with E-state index < -0.39 is 0 Å². The van der Waals surface area contributed by atoms with Crippen LogP contribution in [-0.2, 0) is 0 Å². The number of nitrogens with zero attached hydrogens (tertiary/aromatic N) is 1. The zero-order chi connectivity index (χ0) is 12.4. The van der Waals surface area contributed by atoms with Gasteiger partial charge in [-0.1, -0.05) is 0 Å². The quantitative estimate of drug-likeness (QED) is 0.786. The second-order valence-electron chi connectivity index (χ2n) is 3.93. The van der Waals surface area contributed by atoms with E-state index in [4.69, 9.17) is 10.00 Å². The van der Waals surface area contributed by atoms with E-state index in [2.05, 4.69) is 26.8 Å². The summed E-state index contributed by atoms with van der Waals surface area (Å²) in [5, 5.41) is 9.65. The Morgan fingerprint density at radius 3 is 2.18 bits per heavy atom. The normalized spacial score (nSPS) is 10.0. The lowest BCUT2D eigenvalue weighted by molar-refractivity contribution is 0.493. The summed E-state index contributed by atoms with van der Waals surface area (Å²) in [5.74, 6) is 0.772. The molecule has 0 radical (unpaired) electrons. The zero-order valence-corrected chi connectivity index (χ0v) is 10.9. The molecule has 0 saturated carbocycles. The number of nitriles is 1. The molecule has 0 fully saturated rings. The van der Waals surface area contributed by atoms with Gasteiger partial charge in [0.1, 0.15) is 5.75 Å². The van der Waals surface area contributed by atoms with E-state index in [0.717, 1.165) is 10.8 Å². The molecule has 1 aromatic heterocycles. The van der Waals surface area contributed by atoms with Gasteiger partial charge in [0.15, 0.2) is 5.06 Å². The van der Waals surface area contributed by atoms with Crippen molar-refractivity contribution >= 4 is 11.3 Å². The van der Waals surface area contributed by atoms with Crippen LogP contribution in [0.4, 0.5) is 0 Å². The monoisotopic (exact) mass is 243 g/mol. The van der Waals surface area contributed by atoms with Crippen molar-refractivity contribution in [3.05, 3.63) is 45.8 Å². The van der Waals surface area contributed by atoms with Gasteiger partial charge in [0, 0.05) is 10.4 Å². The Labute approximate surface area is 105 Å². The summed E-state index contributed by atoms with van der Waals surface area (Å²) in [6.07, 6.45) is 0. The predicted molar refractivity (Wildman–Crippen MR) is 69.8 cm³/mol. The first-order valence-electron chi connectivity index (χ1n) is 5.36. The standard InChI is InChI=1S/C14H13NOS/c1-9-10(2)14(17-11(9)3)16-13-6-4-12(8-15)5-7-13/h4-7H,1-3H3. The van der Waals surface area contributed by atoms with Gasteiger partial charge in [-0.3, -0.25) is 0 Å². The van der Waals surface area contributed by atoms with Gasteiger partial charge in [0.05, 0.1) is 11.6 Å². The Bertz CT molecular complexity index is 576. The van der Waals surface area contributed by atoms with Crippen molar-refractivity contribution in [1.29, 1.82) is 5.26 Å². The van der Waals surface area contributed by atoms with Crippen LogP contribution in [0.1, 0.15) is 21.6 Å². The van der Waals surface area contributed by atoms with Gasteiger partial charge in [0.2, 0.25) is 0 Å². The molecule has 0 N–H and O–H groups in total. The molecule has 1 aromatic carbocycles. The van der Waals surface area contributed by atoms with Crippen LogP contribution in [0, 0.1) is 32.1 Å². The van der Waals surface area contributed by atoms with Gasteiger partial charge in [-0.25, -0.2) is 0 Å². The minimum atomic E-state index is 0.646. The molecule has 0 atom stereocenters. The average molecular weight is 243 g/mol. The van der Waals surface area contributed by atoms with Crippen LogP contribution in [0.3, 0.4) is 0 Å². The molecule has 2 aromatic rings. The van der Waals surface area contributed by atoms with E-state index in [1.165, 1.54) is 16.0 Å². The van der Waals surface area contributed by atoms with Gasteiger partial charge >= 0.3 is 0 Å². The molecule has 3 heteroatoms. The van der Waals surface area contributed by atoms with E-state index in [9.17, 15) is 0 Å². The Kier molecular flexibility index (Phi) is 3.16. The lowest BCUT2D eigenvalue weighted by Gasteiger charge is -2.04. The van der Waals surface area contributed by atoms with Crippen LogP contribution in [0.5, 0.6) is 10.8 Å². The zero-order valence-electron chi connectivity index (χ0n) is 10.1. The number of ether oxygens (including phenoxy) is 1. The third-order valence-electron chi connectivity index (χ3n) is 2.84. The number of hydrogen-bond acceptors (Lipinski definition) is 3. The van der Waals surface area contributed by atoms with Crippen LogP contribution in [0.2, 0.25) is 0 Å². The van der Waals surface area contributed by atoms with Crippen molar-refractivity contribution in [1.82, 2.24) is 0 Å². The van der Waals surface area contributed by atoms with Gasteiger partial charge < -0.3 is 4.74 Å². The van der Waals surface area contributed by atoms with E-state index >= 15 is 0 Å². The van der Waals surface area contributed by atoms with Crippen LogP contribution in [0.15, 0.2) is 24.3 Å². The summed E-state index contributed by atoms with van der Waals surface area (Å²) in [6, 6.07) is 9.26. The molecule has 0 aliphatic carbocycles. The summed E-state index contributed by atoms with van der Waals surface area (Å²) in [5.41, 5.74) is 3.13. The maximum absolute atomic E-state index is 8.71. The van der Waals surface area contributed by atoms with E-state index in [1.54, 1.807) is 23.5 Å². The number of aryl methyl sites for hydroxylation is 1. The second-order valence-corrected chi connectivity index (χ2v) is 5.12. The fraction of sp³-hybridized carbons (Fsp3) is 0.214. The first kappa shape index (κ1) is 11.7. The van der Waals surface area contributed by atoms with Crippen molar-refractivity contribution in [3.63, 3.8) is 0 Å². The van der Waals surface area contributed by atoms with Crippen molar-refractivity contribution in [3.8, 4) is 16.9 Å². The molecule has 0 aliphatic heterocycles. The van der Waals surface area contributed by atoms with Crippen LogP contribution < -0.4 is 4.74 Å². The van der Waals surface area contributed by atoms with Crippen molar-refractivity contribution < 1.29 is 4.74 Å². The molecule has 2 nitrogen and oxygen atoms in total. The minimum absolute atomic E-state index is 0.646. The van der Waals surface area contributed by atoms with Crippen molar-refractivity contribution in [2.24, 2.45) is 0 Å². The number of thiophene rings is 1. The summed E-state index contributed by atoms with van der Waals surface area (Å²) < 4.78 is 5.82. The first-order valence-corrected chi connectivity index (χ1v) is 6.18. The highest BCUT2D eigenvalue weighted by molar-refractivity contribution is 7.14. The van der Waals surface area contributed by atoms with Crippen LogP contribution >= 0.6 is 11.3 Å². The molecule has 0 aliphatic rings. The number of benzene rings is 1. The Hall–Kier alpha value is -1.79. The number of hydrogen-bond donors (Lipinski definition) is 0. The highest BCUT2D eigenvalue weighted by Gasteiger charge is 2.10. The largest absolute Gasteiger partial charge is 0.446 e. The van der Waals surface area contributed by atoms with Crippen molar-refractivity contribution in [2.75, 3.05) is 0 Å². The fourth-order valence-corrected chi connectivity index (χ4v) is 2.54. The molecule has 1 heterocycles. The summed E-state index contributed by atoms with van der Waals surface area (Å²) in [4.78, 5) is 1.28. The van der Waals surface area contributed by atoms with Gasteiger partial charge in [0.25, 0.3) is 0 Å². The van der Waals surface area contributed by atoms with Crippen LogP contribution in [0.25, 0.3) is 0 Å². The summed E-state index contributed by atoms with van der Waals surface area (Å²) in [7, 11) is 0. The Morgan fingerprint density at radius 2 is 1.71 bits per heavy atom. The average Bonchev–Trinajstić information content (AvgIpc) is 2.58. The molecule has 0 amide bonds. The Balaban J connectivity index is 2.26. The lowest BCUT2D eigenvalue weighted by atomic mass is 10.2. The molecular weight excluding hydrogens is 230 g/mol. The maximum atomic E-state index is 8.71. The predicted octanol–water partition coefficient (Wildman–Crippen LogP) is 4.34. The summed E-state index contributed by atoms with van der Waals surface area (Å²) >= 11 is 1.66. The fourth-order valence-electron chi connectivity index (χ4n) is 1.51. The number of rotatable bonds is 2. The van der Waals surface area contributed by atoms with E-state index in [1.807, 2.05) is 12.1 Å².